The van der Waals surface area contributed by atoms with Crippen LogP contribution in [0.15, 0.2) is 29.4 Å². The average molecular weight is 438 g/mol. The number of rotatable bonds is 10. The number of hydrogen-bond acceptors (Lipinski definition) is 6. The maximum Gasteiger partial charge on any atom is 0.232 e. The molecule has 1 fully saturated rings. The summed E-state index contributed by atoms with van der Waals surface area (Å²) in [7, 11) is 0. The summed E-state index contributed by atoms with van der Waals surface area (Å²) in [6, 6.07) is 7.62. The molecule has 158 valence electrons. The van der Waals surface area contributed by atoms with Crippen molar-refractivity contribution < 1.29 is 9.53 Å². The van der Waals surface area contributed by atoms with Gasteiger partial charge in [-0.05, 0) is 51.3 Å². The van der Waals surface area contributed by atoms with Crippen molar-refractivity contribution in [3.05, 3.63) is 29.3 Å². The topological polar surface area (TPSA) is 72.3 Å². The minimum Gasteiger partial charge on any atom is -0.379 e. The zero-order valence-electron chi connectivity index (χ0n) is 16.9. The number of amides is 1. The van der Waals surface area contributed by atoms with Gasteiger partial charge in [-0.25, -0.2) is 0 Å². The van der Waals surface area contributed by atoms with E-state index in [0.717, 1.165) is 44.0 Å². The van der Waals surface area contributed by atoms with E-state index in [1.165, 1.54) is 11.8 Å². The fourth-order valence-corrected chi connectivity index (χ4v) is 4.08. The summed E-state index contributed by atoms with van der Waals surface area (Å²) >= 11 is 7.59. The van der Waals surface area contributed by atoms with Crippen LogP contribution in [0.3, 0.4) is 0 Å². The van der Waals surface area contributed by atoms with Gasteiger partial charge in [0.25, 0.3) is 0 Å². The third kappa shape index (κ3) is 6.35. The van der Waals surface area contributed by atoms with Gasteiger partial charge in [0.2, 0.25) is 11.9 Å². The van der Waals surface area contributed by atoms with Crippen molar-refractivity contribution in [1.82, 2.24) is 20.1 Å². The molecule has 0 radical (unpaired) electrons. The van der Waals surface area contributed by atoms with E-state index in [1.807, 2.05) is 42.7 Å². The smallest absolute Gasteiger partial charge is 0.232 e. The summed E-state index contributed by atoms with van der Waals surface area (Å²) in [5.74, 6) is 1.06. The van der Waals surface area contributed by atoms with Crippen LogP contribution in [0.1, 0.15) is 33.1 Å². The van der Waals surface area contributed by atoms with Gasteiger partial charge in [-0.3, -0.25) is 9.36 Å². The van der Waals surface area contributed by atoms with Crippen LogP contribution in [-0.2, 0) is 9.53 Å². The Balaban J connectivity index is 1.64. The minimum atomic E-state index is -0.0251. The Hall–Kier alpha value is -1.77. The van der Waals surface area contributed by atoms with Crippen molar-refractivity contribution in [2.45, 2.75) is 44.4 Å². The van der Waals surface area contributed by atoms with Gasteiger partial charge in [-0.1, -0.05) is 29.4 Å². The number of halogens is 1. The zero-order valence-corrected chi connectivity index (χ0v) is 18.5. The van der Waals surface area contributed by atoms with Crippen LogP contribution in [0.4, 0.5) is 5.95 Å². The molecule has 29 heavy (non-hydrogen) atoms. The molecule has 1 amide bonds. The maximum absolute atomic E-state index is 12.2. The molecular weight excluding hydrogens is 410 g/mol. The van der Waals surface area contributed by atoms with Gasteiger partial charge in [-0.2, -0.15) is 0 Å². The molecule has 1 aromatic heterocycles. The first kappa shape index (κ1) is 21.9. The molecule has 7 nitrogen and oxygen atoms in total. The molecule has 2 aromatic rings. The number of nitrogens with one attached hydrogen (secondary N) is 1. The fourth-order valence-electron chi connectivity index (χ4n) is 3.12. The number of carbonyl (C=O) groups excluding carboxylic acids is 1. The summed E-state index contributed by atoms with van der Waals surface area (Å²) < 4.78 is 7.48. The highest BCUT2D eigenvalue weighted by atomic mass is 35.5. The lowest BCUT2D eigenvalue weighted by Crippen LogP contribution is -2.27. The second-order valence-corrected chi connectivity index (χ2v) is 8.58. The second-order valence-electron chi connectivity index (χ2n) is 7.20. The maximum atomic E-state index is 12.2. The molecule has 0 spiro atoms. The Morgan fingerprint density at radius 3 is 2.83 bits per heavy atom. The van der Waals surface area contributed by atoms with Gasteiger partial charge < -0.3 is 15.0 Å². The molecule has 0 aliphatic carbocycles. The molecule has 0 saturated carbocycles. The van der Waals surface area contributed by atoms with Gasteiger partial charge in [0.05, 0.1) is 17.5 Å². The molecule has 1 N–H and O–H groups in total. The molecule has 0 bridgehead atoms. The molecule has 0 atom stereocenters. The average Bonchev–Trinajstić information content (AvgIpc) is 3.35. The van der Waals surface area contributed by atoms with Crippen molar-refractivity contribution in [2.24, 2.45) is 0 Å². The van der Waals surface area contributed by atoms with E-state index in [-0.39, 0.29) is 17.8 Å². The lowest BCUT2D eigenvalue weighted by atomic mass is 10.3. The number of aromatic nitrogens is 3. The summed E-state index contributed by atoms with van der Waals surface area (Å²) in [4.78, 5) is 14.4. The number of nitrogens with zero attached hydrogens (tertiary/aromatic N) is 4. The standard InChI is InChI=1S/C20H28ClN5O2S/c1-15(2)28-12-6-9-22-18(27)14-29-20-24-23-19(25-10-3-4-11-25)26(20)17-8-5-7-16(21)13-17/h5,7-8,13,15H,3-4,6,9-12,14H2,1-2H3,(H,22,27). The summed E-state index contributed by atoms with van der Waals surface area (Å²) in [5, 5.41) is 13.0. The van der Waals surface area contributed by atoms with Gasteiger partial charge in [0.1, 0.15) is 0 Å². The van der Waals surface area contributed by atoms with E-state index in [9.17, 15) is 4.79 Å². The lowest BCUT2D eigenvalue weighted by Gasteiger charge is -2.18. The molecule has 1 aliphatic rings. The zero-order chi connectivity index (χ0) is 20.6. The number of anilines is 1. The van der Waals surface area contributed by atoms with Crippen LogP contribution in [0.2, 0.25) is 5.02 Å². The Labute approximate surface area is 181 Å². The highest BCUT2D eigenvalue weighted by Crippen LogP contribution is 2.29. The normalized spacial score (nSPS) is 14.0. The number of hydrogen-bond donors (Lipinski definition) is 1. The first-order valence-corrected chi connectivity index (χ1v) is 11.4. The molecule has 2 heterocycles. The Morgan fingerprint density at radius 2 is 2.10 bits per heavy atom. The number of ether oxygens (including phenoxy) is 1. The van der Waals surface area contributed by atoms with Crippen molar-refractivity contribution >= 4 is 35.2 Å². The first-order valence-electron chi connectivity index (χ1n) is 10.0. The highest BCUT2D eigenvalue weighted by molar-refractivity contribution is 7.99. The van der Waals surface area contributed by atoms with Crippen LogP contribution in [0.25, 0.3) is 5.69 Å². The van der Waals surface area contributed by atoms with E-state index >= 15 is 0 Å². The number of carbonyl (C=O) groups is 1. The first-order chi connectivity index (χ1) is 14.0. The van der Waals surface area contributed by atoms with E-state index in [1.54, 1.807) is 0 Å². The van der Waals surface area contributed by atoms with Crippen molar-refractivity contribution in [3.8, 4) is 5.69 Å². The van der Waals surface area contributed by atoms with Crippen molar-refractivity contribution in [3.63, 3.8) is 0 Å². The van der Waals surface area contributed by atoms with Gasteiger partial charge in [0.15, 0.2) is 5.16 Å². The largest absolute Gasteiger partial charge is 0.379 e. The third-order valence-electron chi connectivity index (χ3n) is 4.50. The minimum absolute atomic E-state index is 0.0251. The van der Waals surface area contributed by atoms with Gasteiger partial charge in [0, 0.05) is 31.3 Å². The second kappa shape index (κ2) is 10.8. The molecule has 0 unspecified atom stereocenters. The quantitative estimate of drug-likeness (QED) is 0.452. The van der Waals surface area contributed by atoms with E-state index < -0.39 is 0 Å². The Bertz CT molecular complexity index is 808. The van der Waals surface area contributed by atoms with Crippen LogP contribution in [0, 0.1) is 0 Å². The monoisotopic (exact) mass is 437 g/mol. The summed E-state index contributed by atoms with van der Waals surface area (Å²) in [6.07, 6.45) is 3.30. The third-order valence-corrected chi connectivity index (χ3v) is 5.66. The molecule has 1 saturated heterocycles. The fraction of sp³-hybridized carbons (Fsp3) is 0.550. The molecule has 1 aliphatic heterocycles. The Morgan fingerprint density at radius 1 is 1.31 bits per heavy atom. The van der Waals surface area contributed by atoms with Gasteiger partial charge in [-0.15, -0.1) is 10.2 Å². The van der Waals surface area contributed by atoms with E-state index in [0.29, 0.717) is 23.3 Å². The van der Waals surface area contributed by atoms with Crippen LogP contribution < -0.4 is 10.2 Å². The van der Waals surface area contributed by atoms with E-state index in [2.05, 4.69) is 20.4 Å². The highest BCUT2D eigenvalue weighted by Gasteiger charge is 2.23. The van der Waals surface area contributed by atoms with Crippen molar-refractivity contribution in [2.75, 3.05) is 36.9 Å². The number of benzene rings is 1. The summed E-state index contributed by atoms with van der Waals surface area (Å²) in [6.45, 7) is 7.17. The predicted octanol–water partition coefficient (Wildman–Crippen LogP) is 3.54. The van der Waals surface area contributed by atoms with Crippen LogP contribution in [-0.4, -0.2) is 58.8 Å². The predicted molar refractivity (Wildman–Crippen MR) is 117 cm³/mol. The molecular formula is C20H28ClN5O2S. The van der Waals surface area contributed by atoms with Crippen LogP contribution in [0.5, 0.6) is 0 Å². The van der Waals surface area contributed by atoms with Crippen molar-refractivity contribution in [1.29, 1.82) is 0 Å². The molecule has 3 rings (SSSR count). The Kier molecular flexibility index (Phi) is 8.20. The SMILES string of the molecule is CC(C)OCCCNC(=O)CSc1nnc(N2CCCC2)n1-c1cccc(Cl)c1. The van der Waals surface area contributed by atoms with Gasteiger partial charge >= 0.3 is 0 Å². The van der Waals surface area contributed by atoms with Crippen LogP contribution >= 0.6 is 23.4 Å². The molecule has 9 heteroatoms. The lowest BCUT2D eigenvalue weighted by molar-refractivity contribution is -0.118. The van der Waals surface area contributed by atoms with E-state index in [4.69, 9.17) is 16.3 Å². The summed E-state index contributed by atoms with van der Waals surface area (Å²) in [5.41, 5.74) is 0.901. The molecule has 1 aromatic carbocycles. The number of thioether (sulfide) groups is 1.